The maximum atomic E-state index is 12.9. The van der Waals surface area contributed by atoms with E-state index in [1.165, 1.54) is 18.4 Å². The van der Waals surface area contributed by atoms with Crippen LogP contribution in [-0.4, -0.2) is 41.5 Å². The molecule has 3 rings (SSSR count). The Bertz CT molecular complexity index is 664. The molecule has 1 unspecified atom stereocenters. The lowest BCUT2D eigenvalue weighted by Gasteiger charge is -2.31. The van der Waals surface area contributed by atoms with Crippen LogP contribution in [0, 0.1) is 5.82 Å². The molecule has 1 fully saturated rings. The summed E-state index contributed by atoms with van der Waals surface area (Å²) in [4.78, 5) is 18.4. The number of carbonyl (C=O) groups is 1. The molecule has 1 saturated heterocycles. The van der Waals surface area contributed by atoms with Gasteiger partial charge in [-0.1, -0.05) is 0 Å². The van der Waals surface area contributed by atoms with Crippen molar-refractivity contribution in [3.63, 3.8) is 0 Å². The van der Waals surface area contributed by atoms with Crippen molar-refractivity contribution in [3.8, 4) is 11.5 Å². The molecule has 5 nitrogen and oxygen atoms in total. The molecule has 2 heterocycles. The molecule has 0 aliphatic carbocycles. The summed E-state index contributed by atoms with van der Waals surface area (Å²) in [6.45, 7) is 4.29. The number of piperazine rings is 1. The number of hydrogen-bond donors (Lipinski definition) is 1. The van der Waals surface area contributed by atoms with Crippen molar-refractivity contribution in [2.75, 3.05) is 19.6 Å². The van der Waals surface area contributed by atoms with Crippen LogP contribution < -0.4 is 5.32 Å². The fourth-order valence-electron chi connectivity index (χ4n) is 2.54. The lowest BCUT2D eigenvalue weighted by molar-refractivity contribution is -0.131. The topological polar surface area (TPSA) is 58.4 Å². The number of rotatable bonds is 3. The van der Waals surface area contributed by atoms with Gasteiger partial charge in [0.25, 0.3) is 0 Å². The normalized spacial score (nSPS) is 16.9. The van der Waals surface area contributed by atoms with E-state index in [1.807, 2.05) is 4.90 Å². The Hall–Kier alpha value is -1.63. The molecule has 0 bridgehead atoms. The van der Waals surface area contributed by atoms with Crippen molar-refractivity contribution in [2.45, 2.75) is 19.4 Å². The molecule has 1 aromatic carbocycles. The van der Waals surface area contributed by atoms with Gasteiger partial charge in [0.2, 0.25) is 11.8 Å². The van der Waals surface area contributed by atoms with Crippen molar-refractivity contribution in [3.05, 3.63) is 42.0 Å². The van der Waals surface area contributed by atoms with Gasteiger partial charge in [0, 0.05) is 31.2 Å². The van der Waals surface area contributed by atoms with Crippen LogP contribution in [0.15, 0.2) is 34.9 Å². The van der Waals surface area contributed by atoms with Crippen LogP contribution in [0.1, 0.15) is 12.6 Å². The van der Waals surface area contributed by atoms with Crippen molar-refractivity contribution in [1.29, 1.82) is 0 Å². The Morgan fingerprint density at radius 3 is 2.75 bits per heavy atom. The van der Waals surface area contributed by atoms with E-state index in [0.717, 1.165) is 6.54 Å². The SMILES string of the molecule is CC1CN(C(=O)Cc2coc(-c3ccc(F)cc3)n2)CCN1.Cl.Cl. The van der Waals surface area contributed by atoms with Gasteiger partial charge in [0.05, 0.1) is 12.1 Å². The molecule has 1 amide bonds. The minimum absolute atomic E-state index is 0. The van der Waals surface area contributed by atoms with Crippen molar-refractivity contribution < 1.29 is 13.6 Å². The molecule has 1 aliphatic rings. The van der Waals surface area contributed by atoms with E-state index in [4.69, 9.17) is 4.42 Å². The molecule has 0 spiro atoms. The third-order valence-electron chi connectivity index (χ3n) is 3.70. The van der Waals surface area contributed by atoms with Gasteiger partial charge in [0.15, 0.2) is 0 Å². The van der Waals surface area contributed by atoms with E-state index >= 15 is 0 Å². The summed E-state index contributed by atoms with van der Waals surface area (Å²) in [5.41, 5.74) is 1.28. The van der Waals surface area contributed by atoms with Gasteiger partial charge in [-0.05, 0) is 31.2 Å². The Kier molecular flexibility index (Phi) is 7.66. The van der Waals surface area contributed by atoms with Gasteiger partial charge < -0.3 is 14.6 Å². The largest absolute Gasteiger partial charge is 0.444 e. The number of halogens is 3. The number of amides is 1. The Morgan fingerprint density at radius 1 is 1.38 bits per heavy atom. The Balaban J connectivity index is 0.00000144. The third kappa shape index (κ3) is 4.93. The number of hydrogen-bond acceptors (Lipinski definition) is 4. The number of nitrogens with one attached hydrogen (secondary N) is 1. The highest BCUT2D eigenvalue weighted by Crippen LogP contribution is 2.19. The highest BCUT2D eigenvalue weighted by Gasteiger charge is 2.21. The summed E-state index contributed by atoms with van der Waals surface area (Å²) in [6, 6.07) is 6.22. The molecule has 2 aromatic rings. The minimum Gasteiger partial charge on any atom is -0.444 e. The monoisotopic (exact) mass is 375 g/mol. The highest BCUT2D eigenvalue weighted by molar-refractivity contribution is 5.85. The molecule has 1 aliphatic heterocycles. The van der Waals surface area contributed by atoms with E-state index < -0.39 is 0 Å². The molecular formula is C16H20Cl2FN3O2. The molecule has 1 N–H and O–H groups in total. The summed E-state index contributed by atoms with van der Waals surface area (Å²) in [6.07, 6.45) is 1.71. The molecule has 1 aromatic heterocycles. The predicted molar refractivity (Wildman–Crippen MR) is 94.1 cm³/mol. The zero-order chi connectivity index (χ0) is 15.5. The Morgan fingerprint density at radius 2 is 2.08 bits per heavy atom. The van der Waals surface area contributed by atoms with Gasteiger partial charge in [-0.2, -0.15) is 0 Å². The molecule has 1 atom stereocenters. The van der Waals surface area contributed by atoms with E-state index in [2.05, 4.69) is 17.2 Å². The average molecular weight is 376 g/mol. The fourth-order valence-corrected chi connectivity index (χ4v) is 2.54. The average Bonchev–Trinajstić information content (AvgIpc) is 2.96. The fraction of sp³-hybridized carbons (Fsp3) is 0.375. The standard InChI is InChI=1S/C16H18FN3O2.2ClH/c1-11-9-20(7-6-18-11)15(21)8-14-10-22-16(19-14)12-2-4-13(17)5-3-12;;/h2-5,10-11,18H,6-9H2,1H3;2*1H. The van der Waals surface area contributed by atoms with Crippen LogP contribution in [0.2, 0.25) is 0 Å². The second-order valence-corrected chi connectivity index (χ2v) is 5.52. The second kappa shape index (κ2) is 9.01. The van der Waals surface area contributed by atoms with Gasteiger partial charge in [-0.3, -0.25) is 4.79 Å². The molecule has 0 saturated carbocycles. The number of carbonyl (C=O) groups excluding carboxylic acids is 1. The first-order valence-electron chi connectivity index (χ1n) is 7.33. The minimum atomic E-state index is -0.307. The smallest absolute Gasteiger partial charge is 0.228 e. The lowest BCUT2D eigenvalue weighted by Crippen LogP contribution is -2.51. The zero-order valence-corrected chi connectivity index (χ0v) is 14.8. The van der Waals surface area contributed by atoms with Crippen molar-refractivity contribution in [1.82, 2.24) is 15.2 Å². The quantitative estimate of drug-likeness (QED) is 0.895. The van der Waals surface area contributed by atoms with Crippen LogP contribution in [0.5, 0.6) is 0 Å². The van der Waals surface area contributed by atoms with Crippen LogP contribution in [-0.2, 0) is 11.2 Å². The van der Waals surface area contributed by atoms with Gasteiger partial charge >= 0.3 is 0 Å². The van der Waals surface area contributed by atoms with Crippen LogP contribution in [0.25, 0.3) is 11.5 Å². The van der Waals surface area contributed by atoms with Crippen LogP contribution >= 0.6 is 24.8 Å². The summed E-state index contributed by atoms with van der Waals surface area (Å²) in [5.74, 6) is 0.141. The van der Waals surface area contributed by atoms with Gasteiger partial charge in [-0.15, -0.1) is 24.8 Å². The molecule has 132 valence electrons. The summed E-state index contributed by atoms with van der Waals surface area (Å²) in [7, 11) is 0. The van der Waals surface area contributed by atoms with E-state index in [-0.39, 0.29) is 43.0 Å². The third-order valence-corrected chi connectivity index (χ3v) is 3.70. The molecular weight excluding hydrogens is 356 g/mol. The lowest BCUT2D eigenvalue weighted by atomic mass is 10.2. The Labute approximate surface area is 152 Å². The highest BCUT2D eigenvalue weighted by atomic mass is 35.5. The molecule has 8 heteroatoms. The van der Waals surface area contributed by atoms with E-state index in [1.54, 1.807) is 12.1 Å². The molecule has 0 radical (unpaired) electrons. The van der Waals surface area contributed by atoms with E-state index in [9.17, 15) is 9.18 Å². The first-order chi connectivity index (χ1) is 10.6. The summed E-state index contributed by atoms with van der Waals surface area (Å²) >= 11 is 0. The second-order valence-electron chi connectivity index (χ2n) is 5.52. The zero-order valence-electron chi connectivity index (χ0n) is 13.2. The predicted octanol–water partition coefficient (Wildman–Crippen LogP) is 2.69. The molecule has 24 heavy (non-hydrogen) atoms. The van der Waals surface area contributed by atoms with Gasteiger partial charge in [0.1, 0.15) is 12.1 Å². The number of aromatic nitrogens is 1. The maximum Gasteiger partial charge on any atom is 0.228 e. The summed E-state index contributed by atoms with van der Waals surface area (Å²) < 4.78 is 18.3. The van der Waals surface area contributed by atoms with Crippen molar-refractivity contribution in [2.24, 2.45) is 0 Å². The first kappa shape index (κ1) is 20.4. The van der Waals surface area contributed by atoms with Crippen molar-refractivity contribution >= 4 is 30.7 Å². The number of nitrogens with zero attached hydrogens (tertiary/aromatic N) is 2. The summed E-state index contributed by atoms with van der Waals surface area (Å²) in [5, 5.41) is 3.30. The first-order valence-corrected chi connectivity index (χ1v) is 7.33. The number of oxazole rings is 1. The van der Waals surface area contributed by atoms with Crippen LogP contribution in [0.4, 0.5) is 4.39 Å². The maximum absolute atomic E-state index is 12.9. The van der Waals surface area contributed by atoms with Gasteiger partial charge in [-0.25, -0.2) is 9.37 Å². The van der Waals surface area contributed by atoms with Crippen LogP contribution in [0.3, 0.4) is 0 Å². The van der Waals surface area contributed by atoms with E-state index in [0.29, 0.717) is 36.3 Å². The number of benzene rings is 1.